The summed E-state index contributed by atoms with van der Waals surface area (Å²) in [5.74, 6) is -0.284. The number of halogens is 1. The van der Waals surface area contributed by atoms with Gasteiger partial charge in [0.2, 0.25) is 0 Å². The summed E-state index contributed by atoms with van der Waals surface area (Å²) in [6, 6.07) is 1.59. The van der Waals surface area contributed by atoms with Crippen molar-refractivity contribution in [1.29, 1.82) is 0 Å². The summed E-state index contributed by atoms with van der Waals surface area (Å²) < 4.78 is 20.2. The van der Waals surface area contributed by atoms with Crippen LogP contribution >= 0.6 is 0 Å². The van der Waals surface area contributed by atoms with Crippen LogP contribution < -0.4 is 10.8 Å². The molecular formula is C20H31FN4O2. The van der Waals surface area contributed by atoms with Crippen molar-refractivity contribution in [3.05, 3.63) is 29.8 Å². The van der Waals surface area contributed by atoms with E-state index in [-0.39, 0.29) is 23.6 Å². The van der Waals surface area contributed by atoms with E-state index in [9.17, 15) is 4.39 Å². The van der Waals surface area contributed by atoms with Crippen LogP contribution in [0.15, 0.2) is 18.5 Å². The van der Waals surface area contributed by atoms with Gasteiger partial charge >= 0.3 is 0 Å². The molecule has 6 nitrogen and oxygen atoms in total. The van der Waals surface area contributed by atoms with Gasteiger partial charge in [0.1, 0.15) is 12.0 Å². The van der Waals surface area contributed by atoms with Crippen molar-refractivity contribution in [2.24, 2.45) is 5.41 Å². The Kier molecular flexibility index (Phi) is 6.35. The molecule has 7 heteroatoms. The van der Waals surface area contributed by atoms with Gasteiger partial charge in [-0.3, -0.25) is 9.82 Å². The van der Waals surface area contributed by atoms with Crippen molar-refractivity contribution in [1.82, 2.24) is 20.7 Å². The van der Waals surface area contributed by atoms with E-state index in [1.807, 2.05) is 0 Å². The molecule has 0 aromatic carbocycles. The number of aromatic nitrogens is 1. The van der Waals surface area contributed by atoms with E-state index in [4.69, 9.17) is 9.57 Å². The van der Waals surface area contributed by atoms with Crippen LogP contribution in [-0.2, 0) is 16.0 Å². The minimum Gasteiger partial charge on any atom is -0.354 e. The Balaban J connectivity index is 1.45. The third kappa shape index (κ3) is 4.84. The van der Waals surface area contributed by atoms with Crippen LogP contribution in [0.3, 0.4) is 0 Å². The van der Waals surface area contributed by atoms with E-state index in [0.717, 1.165) is 57.5 Å². The minimum atomic E-state index is -0.284. The first-order chi connectivity index (χ1) is 13.2. The predicted octanol–water partition coefficient (Wildman–Crippen LogP) is 1.86. The lowest BCUT2D eigenvalue weighted by Gasteiger charge is -2.47. The van der Waals surface area contributed by atoms with E-state index in [1.54, 1.807) is 12.3 Å². The van der Waals surface area contributed by atoms with Crippen LogP contribution in [0, 0.1) is 11.2 Å². The standard InChI is InChI=1S/C20H31FN4O2/c21-17-10-16(12-23-13-17)11-20(4-6-22-7-5-20)19-24-26-15-18(27-19)14-25-8-2-1-3-9-25/h10,12-13,18-19,22,24H,1-9,11,14-15H2/t18-,19?/m1/s1. The quantitative estimate of drug-likeness (QED) is 0.816. The molecular weight excluding hydrogens is 347 g/mol. The molecule has 0 saturated carbocycles. The number of nitrogens with zero attached hydrogens (tertiary/aromatic N) is 2. The third-order valence-corrected chi connectivity index (χ3v) is 6.17. The van der Waals surface area contributed by atoms with Gasteiger partial charge in [0, 0.05) is 18.2 Å². The zero-order valence-electron chi connectivity index (χ0n) is 16.0. The van der Waals surface area contributed by atoms with E-state index < -0.39 is 0 Å². The van der Waals surface area contributed by atoms with E-state index in [0.29, 0.717) is 6.61 Å². The normalized spacial score (nSPS) is 29.5. The topological polar surface area (TPSA) is 58.7 Å². The fourth-order valence-corrected chi connectivity index (χ4v) is 4.69. The van der Waals surface area contributed by atoms with Gasteiger partial charge < -0.3 is 15.0 Å². The first-order valence-corrected chi connectivity index (χ1v) is 10.3. The van der Waals surface area contributed by atoms with Crippen molar-refractivity contribution in [3.8, 4) is 0 Å². The Hall–Kier alpha value is -1.12. The summed E-state index contributed by atoms with van der Waals surface area (Å²) in [6.45, 7) is 5.67. The molecule has 0 radical (unpaired) electrons. The Morgan fingerprint density at radius 1 is 1.19 bits per heavy atom. The van der Waals surface area contributed by atoms with Crippen molar-refractivity contribution < 1.29 is 14.0 Å². The summed E-state index contributed by atoms with van der Waals surface area (Å²) in [5.41, 5.74) is 3.94. The summed E-state index contributed by atoms with van der Waals surface area (Å²) in [4.78, 5) is 12.3. The van der Waals surface area contributed by atoms with Gasteiger partial charge in [-0.1, -0.05) is 6.42 Å². The van der Waals surface area contributed by atoms with Crippen molar-refractivity contribution >= 4 is 0 Å². The smallest absolute Gasteiger partial charge is 0.141 e. The minimum absolute atomic E-state index is 0.0757. The van der Waals surface area contributed by atoms with Crippen LogP contribution in [0.5, 0.6) is 0 Å². The molecule has 150 valence electrons. The lowest BCUT2D eigenvalue weighted by atomic mass is 9.72. The molecule has 4 heterocycles. The molecule has 3 saturated heterocycles. The number of piperidine rings is 2. The summed E-state index contributed by atoms with van der Waals surface area (Å²) in [5, 5.41) is 3.43. The molecule has 3 aliphatic rings. The predicted molar refractivity (Wildman–Crippen MR) is 100 cm³/mol. The Morgan fingerprint density at radius 3 is 2.78 bits per heavy atom. The number of pyridine rings is 1. The maximum absolute atomic E-state index is 13.7. The zero-order chi connectivity index (χ0) is 18.5. The second-order valence-corrected chi connectivity index (χ2v) is 8.23. The van der Waals surface area contributed by atoms with Gasteiger partial charge in [0.05, 0.1) is 18.9 Å². The first kappa shape index (κ1) is 19.2. The van der Waals surface area contributed by atoms with Crippen LogP contribution in [-0.4, -0.2) is 61.5 Å². The van der Waals surface area contributed by atoms with Crippen LogP contribution in [0.25, 0.3) is 0 Å². The van der Waals surface area contributed by atoms with Crippen molar-refractivity contribution in [3.63, 3.8) is 0 Å². The van der Waals surface area contributed by atoms with E-state index in [1.165, 1.54) is 25.5 Å². The Morgan fingerprint density at radius 2 is 2.00 bits per heavy atom. The van der Waals surface area contributed by atoms with Crippen LogP contribution in [0.1, 0.15) is 37.7 Å². The molecule has 3 aliphatic heterocycles. The number of nitrogens with one attached hydrogen (secondary N) is 2. The lowest BCUT2D eigenvalue weighted by Crippen LogP contribution is -2.59. The maximum Gasteiger partial charge on any atom is 0.141 e. The monoisotopic (exact) mass is 378 g/mol. The molecule has 2 atom stereocenters. The molecule has 1 aromatic heterocycles. The van der Waals surface area contributed by atoms with Crippen LogP contribution in [0.2, 0.25) is 0 Å². The van der Waals surface area contributed by atoms with Crippen LogP contribution in [0.4, 0.5) is 4.39 Å². The fourth-order valence-electron chi connectivity index (χ4n) is 4.69. The van der Waals surface area contributed by atoms with Gasteiger partial charge in [-0.05, 0) is 69.9 Å². The average molecular weight is 378 g/mol. The summed E-state index contributed by atoms with van der Waals surface area (Å²) >= 11 is 0. The van der Waals surface area contributed by atoms with Gasteiger partial charge in [0.25, 0.3) is 0 Å². The molecule has 0 bridgehead atoms. The molecule has 27 heavy (non-hydrogen) atoms. The maximum atomic E-state index is 13.7. The second kappa shape index (κ2) is 8.92. The molecule has 3 fully saturated rings. The number of ether oxygens (including phenoxy) is 1. The number of rotatable bonds is 5. The largest absolute Gasteiger partial charge is 0.354 e. The summed E-state index contributed by atoms with van der Waals surface area (Å²) in [6.07, 6.45) is 9.44. The molecule has 0 amide bonds. The SMILES string of the molecule is Fc1cncc(CC2(C3NOC[C@@H](CN4CCCCC4)O3)CCNCC2)c1. The Labute approximate surface area is 160 Å². The number of hydrogen-bond donors (Lipinski definition) is 2. The third-order valence-electron chi connectivity index (χ3n) is 6.17. The summed E-state index contributed by atoms with van der Waals surface area (Å²) in [7, 11) is 0. The zero-order valence-corrected chi connectivity index (χ0v) is 16.0. The van der Waals surface area contributed by atoms with Crippen molar-refractivity contribution in [2.45, 2.75) is 50.9 Å². The Bertz CT molecular complexity index is 605. The number of likely N-dealkylation sites (tertiary alicyclic amines) is 1. The molecule has 0 spiro atoms. The van der Waals surface area contributed by atoms with Gasteiger partial charge in [-0.2, -0.15) is 5.48 Å². The molecule has 4 rings (SSSR count). The highest BCUT2D eigenvalue weighted by atomic mass is 19.1. The first-order valence-electron chi connectivity index (χ1n) is 10.3. The lowest BCUT2D eigenvalue weighted by molar-refractivity contribution is -0.241. The highest BCUT2D eigenvalue weighted by Gasteiger charge is 2.44. The molecule has 0 aliphatic carbocycles. The fraction of sp³-hybridized carbons (Fsp3) is 0.750. The number of hydrogen-bond acceptors (Lipinski definition) is 6. The van der Waals surface area contributed by atoms with E-state index >= 15 is 0 Å². The van der Waals surface area contributed by atoms with Gasteiger partial charge in [0.15, 0.2) is 0 Å². The highest BCUT2D eigenvalue weighted by molar-refractivity contribution is 5.14. The second-order valence-electron chi connectivity index (χ2n) is 8.23. The van der Waals surface area contributed by atoms with E-state index in [2.05, 4.69) is 20.7 Å². The molecule has 2 N–H and O–H groups in total. The highest BCUT2D eigenvalue weighted by Crippen LogP contribution is 2.38. The average Bonchev–Trinajstić information content (AvgIpc) is 2.70. The molecule has 1 unspecified atom stereocenters. The van der Waals surface area contributed by atoms with Gasteiger partial charge in [-0.25, -0.2) is 4.39 Å². The van der Waals surface area contributed by atoms with Gasteiger partial charge in [-0.15, -0.1) is 0 Å². The van der Waals surface area contributed by atoms with Crippen molar-refractivity contribution in [2.75, 3.05) is 39.3 Å². The number of hydroxylamine groups is 1. The molecule has 1 aromatic rings.